The molecule has 1 aromatic rings. The van der Waals surface area contributed by atoms with Crippen LogP contribution in [0.2, 0.25) is 0 Å². The molecule has 29 heavy (non-hydrogen) atoms. The number of nitrogens with zero attached hydrogens (tertiary/aromatic N) is 1. The number of carbonyl (C=O) groups is 2. The molecule has 3 rings (SSSR count). The maximum atomic E-state index is 11.5. The highest BCUT2D eigenvalue weighted by molar-refractivity contribution is 5.79. The van der Waals surface area contributed by atoms with Crippen LogP contribution in [0.4, 0.5) is 0 Å². The predicted octanol–water partition coefficient (Wildman–Crippen LogP) is 0.460. The number of ether oxygens (including phenoxy) is 2. The first-order valence-corrected chi connectivity index (χ1v) is 9.91. The van der Waals surface area contributed by atoms with Crippen molar-refractivity contribution in [1.82, 2.24) is 10.2 Å². The van der Waals surface area contributed by atoms with E-state index in [1.54, 1.807) is 0 Å². The van der Waals surface area contributed by atoms with Gasteiger partial charge >= 0.3 is 11.9 Å². The Labute approximate surface area is 171 Å². The third-order valence-electron chi connectivity index (χ3n) is 5.49. The lowest BCUT2D eigenvalue weighted by Crippen LogP contribution is -2.49. The van der Waals surface area contributed by atoms with Crippen molar-refractivity contribution in [2.24, 2.45) is 0 Å². The van der Waals surface area contributed by atoms with E-state index < -0.39 is 23.1 Å². The maximum absolute atomic E-state index is 11.5. The summed E-state index contributed by atoms with van der Waals surface area (Å²) in [4.78, 5) is 24.7. The van der Waals surface area contributed by atoms with Crippen molar-refractivity contribution in [3.05, 3.63) is 35.9 Å². The van der Waals surface area contributed by atoms with Crippen LogP contribution in [-0.2, 0) is 25.6 Å². The Balaban J connectivity index is 0.000000234. The van der Waals surface area contributed by atoms with E-state index in [0.29, 0.717) is 51.9 Å². The summed E-state index contributed by atoms with van der Waals surface area (Å²) >= 11 is 0. The second kappa shape index (κ2) is 10.7. The fourth-order valence-corrected chi connectivity index (χ4v) is 3.55. The molecule has 0 aliphatic carbocycles. The van der Waals surface area contributed by atoms with E-state index in [-0.39, 0.29) is 0 Å². The Morgan fingerprint density at radius 2 is 1.41 bits per heavy atom. The fourth-order valence-electron chi connectivity index (χ4n) is 3.55. The van der Waals surface area contributed by atoms with Gasteiger partial charge in [0, 0.05) is 19.6 Å². The summed E-state index contributed by atoms with van der Waals surface area (Å²) in [6.07, 6.45) is 1.76. The molecule has 3 N–H and O–H groups in total. The van der Waals surface area contributed by atoms with E-state index in [4.69, 9.17) is 0 Å². The molecule has 0 saturated carbocycles. The number of piperidine rings is 2. The van der Waals surface area contributed by atoms with Gasteiger partial charge in [0.15, 0.2) is 11.2 Å². The number of aliphatic hydroxyl groups is 2. The second-order valence-corrected chi connectivity index (χ2v) is 7.56. The highest BCUT2D eigenvalue weighted by atomic mass is 16.5. The Morgan fingerprint density at radius 1 is 0.931 bits per heavy atom. The molecule has 2 aliphatic rings. The summed E-state index contributed by atoms with van der Waals surface area (Å²) in [5.41, 5.74) is -1.27. The van der Waals surface area contributed by atoms with Gasteiger partial charge < -0.3 is 25.0 Å². The Morgan fingerprint density at radius 3 is 1.90 bits per heavy atom. The predicted molar refractivity (Wildman–Crippen MR) is 107 cm³/mol. The SMILES string of the molecule is COC(=O)C1(O)CCN(Cc2ccccc2)CC1.COC(=O)C1(O)CCNCC1. The van der Waals surface area contributed by atoms with Gasteiger partial charge in [0.25, 0.3) is 0 Å². The van der Waals surface area contributed by atoms with Crippen LogP contribution in [0.25, 0.3) is 0 Å². The number of rotatable bonds is 4. The standard InChI is InChI=1S/C14H19NO3.C7H13NO3/c1-18-13(16)14(17)7-9-15(10-8-14)11-12-5-3-2-4-6-12;1-11-6(9)7(10)2-4-8-5-3-7/h2-6,17H,7-11H2,1H3;8,10H,2-5H2,1H3. The van der Waals surface area contributed by atoms with Crippen LogP contribution < -0.4 is 5.32 Å². The van der Waals surface area contributed by atoms with Crippen molar-refractivity contribution in [2.75, 3.05) is 40.4 Å². The van der Waals surface area contributed by atoms with Crippen molar-refractivity contribution in [3.63, 3.8) is 0 Å². The van der Waals surface area contributed by atoms with Gasteiger partial charge in [-0.25, -0.2) is 9.59 Å². The normalized spacial score (nSPS) is 20.7. The van der Waals surface area contributed by atoms with Gasteiger partial charge in [-0.05, 0) is 44.3 Å². The molecule has 0 bridgehead atoms. The zero-order valence-corrected chi connectivity index (χ0v) is 17.2. The molecule has 0 spiro atoms. The van der Waals surface area contributed by atoms with E-state index in [0.717, 1.165) is 6.54 Å². The summed E-state index contributed by atoms with van der Waals surface area (Å²) in [7, 11) is 2.61. The first-order valence-electron chi connectivity index (χ1n) is 9.91. The molecule has 0 aromatic heterocycles. The molecule has 2 aliphatic heterocycles. The Kier molecular flexibility index (Phi) is 8.58. The van der Waals surface area contributed by atoms with Crippen LogP contribution in [0.15, 0.2) is 30.3 Å². The highest BCUT2D eigenvalue weighted by Crippen LogP contribution is 2.24. The molecule has 2 heterocycles. The molecule has 0 radical (unpaired) electrons. The van der Waals surface area contributed by atoms with E-state index in [2.05, 4.69) is 31.8 Å². The maximum Gasteiger partial charge on any atom is 0.337 e. The van der Waals surface area contributed by atoms with Crippen LogP contribution in [0.3, 0.4) is 0 Å². The first kappa shape index (κ1) is 23.3. The lowest BCUT2D eigenvalue weighted by molar-refractivity contribution is -0.167. The minimum absolute atomic E-state index is 0.437. The topological polar surface area (TPSA) is 108 Å². The number of esters is 2. The smallest absolute Gasteiger partial charge is 0.337 e. The lowest BCUT2D eigenvalue weighted by Gasteiger charge is -2.36. The number of methoxy groups -OCH3 is 2. The van der Waals surface area contributed by atoms with Gasteiger partial charge in [-0.1, -0.05) is 30.3 Å². The van der Waals surface area contributed by atoms with Crippen LogP contribution in [0.5, 0.6) is 0 Å². The highest BCUT2D eigenvalue weighted by Gasteiger charge is 2.40. The number of hydrogen-bond acceptors (Lipinski definition) is 8. The van der Waals surface area contributed by atoms with Crippen molar-refractivity contribution in [2.45, 2.75) is 43.4 Å². The largest absolute Gasteiger partial charge is 0.467 e. The summed E-state index contributed by atoms with van der Waals surface area (Å²) < 4.78 is 9.11. The molecule has 2 fully saturated rings. The number of likely N-dealkylation sites (tertiary alicyclic amines) is 1. The molecular weight excluding hydrogens is 376 g/mol. The summed E-state index contributed by atoms with van der Waals surface area (Å²) in [6, 6.07) is 10.2. The molecule has 0 amide bonds. The number of benzene rings is 1. The zero-order chi connectivity index (χ0) is 21.3. The van der Waals surface area contributed by atoms with Gasteiger partial charge in [-0.2, -0.15) is 0 Å². The molecule has 8 nitrogen and oxygen atoms in total. The van der Waals surface area contributed by atoms with Crippen molar-refractivity contribution in [1.29, 1.82) is 0 Å². The van der Waals surface area contributed by atoms with Crippen molar-refractivity contribution >= 4 is 11.9 Å². The van der Waals surface area contributed by atoms with Crippen LogP contribution in [0.1, 0.15) is 31.2 Å². The van der Waals surface area contributed by atoms with E-state index in [1.165, 1.54) is 19.8 Å². The minimum Gasteiger partial charge on any atom is -0.467 e. The zero-order valence-electron chi connectivity index (χ0n) is 17.2. The van der Waals surface area contributed by atoms with Crippen LogP contribution in [-0.4, -0.2) is 78.7 Å². The van der Waals surface area contributed by atoms with Gasteiger partial charge in [0.2, 0.25) is 0 Å². The van der Waals surface area contributed by atoms with E-state index >= 15 is 0 Å². The number of carbonyl (C=O) groups excluding carboxylic acids is 2. The lowest BCUT2D eigenvalue weighted by atomic mass is 9.91. The van der Waals surface area contributed by atoms with Gasteiger partial charge in [0.05, 0.1) is 14.2 Å². The summed E-state index contributed by atoms with van der Waals surface area (Å²) in [5.74, 6) is -1.03. The molecule has 1 aromatic carbocycles. The number of hydrogen-bond donors (Lipinski definition) is 3. The monoisotopic (exact) mass is 408 g/mol. The fraction of sp³-hybridized carbons (Fsp3) is 0.619. The van der Waals surface area contributed by atoms with Gasteiger partial charge in [-0.15, -0.1) is 0 Å². The Bertz CT molecular complexity index is 652. The quantitative estimate of drug-likeness (QED) is 0.617. The third kappa shape index (κ3) is 6.50. The van der Waals surface area contributed by atoms with Crippen molar-refractivity contribution < 1.29 is 29.3 Å². The average Bonchev–Trinajstić information content (AvgIpc) is 2.76. The van der Waals surface area contributed by atoms with Gasteiger partial charge in [0.1, 0.15) is 0 Å². The molecule has 0 unspecified atom stereocenters. The van der Waals surface area contributed by atoms with Crippen molar-refractivity contribution in [3.8, 4) is 0 Å². The van der Waals surface area contributed by atoms with E-state index in [9.17, 15) is 19.8 Å². The average molecular weight is 408 g/mol. The molecular formula is C21H32N2O6. The molecule has 162 valence electrons. The minimum atomic E-state index is -1.29. The first-order chi connectivity index (χ1) is 13.8. The molecule has 8 heteroatoms. The van der Waals surface area contributed by atoms with Crippen LogP contribution in [0, 0.1) is 0 Å². The van der Waals surface area contributed by atoms with Crippen LogP contribution >= 0.6 is 0 Å². The van der Waals surface area contributed by atoms with E-state index in [1.807, 2.05) is 18.2 Å². The summed E-state index contributed by atoms with van der Waals surface area (Å²) in [6.45, 7) is 3.62. The number of nitrogens with one attached hydrogen (secondary N) is 1. The molecule has 2 saturated heterocycles. The molecule has 0 atom stereocenters. The summed E-state index contributed by atoms with van der Waals surface area (Å²) in [5, 5.41) is 22.8. The van der Waals surface area contributed by atoms with Gasteiger partial charge in [-0.3, -0.25) is 4.90 Å². The third-order valence-corrected chi connectivity index (χ3v) is 5.49. The second-order valence-electron chi connectivity index (χ2n) is 7.56. The Hall–Kier alpha value is -2.00.